The van der Waals surface area contributed by atoms with Crippen LogP contribution in [-0.2, 0) is 31.2 Å². The number of aliphatic carboxylic acids is 2. The van der Waals surface area contributed by atoms with Gasteiger partial charge in [0.15, 0.2) is 0 Å². The highest BCUT2D eigenvalue weighted by Gasteiger charge is 2.11. The van der Waals surface area contributed by atoms with E-state index >= 15 is 0 Å². The molecule has 0 saturated carbocycles. The summed E-state index contributed by atoms with van der Waals surface area (Å²) >= 11 is 0. The number of hydrogen-bond donors (Lipinski definition) is 4. The van der Waals surface area contributed by atoms with Gasteiger partial charge in [-0.25, -0.2) is 0 Å². The summed E-state index contributed by atoms with van der Waals surface area (Å²) in [6.45, 7) is 0. The molecule has 120 valence electrons. The molecule has 0 amide bonds. The molecule has 2 unspecified atom stereocenters. The van der Waals surface area contributed by atoms with E-state index in [0.29, 0.717) is 11.5 Å². The first kappa shape index (κ1) is 21.5. The SMILES string of the molecule is CS(=O)CC[C@H](N)C(=O)O.CS(=O)CC[C@H](N)C(=O)O. The highest BCUT2D eigenvalue weighted by atomic mass is 32.2. The highest BCUT2D eigenvalue weighted by molar-refractivity contribution is 7.84. The molecule has 20 heavy (non-hydrogen) atoms. The van der Waals surface area contributed by atoms with Gasteiger partial charge in [-0.15, -0.1) is 0 Å². The lowest BCUT2D eigenvalue weighted by Crippen LogP contribution is -2.31. The van der Waals surface area contributed by atoms with Crippen LogP contribution in [0.5, 0.6) is 0 Å². The fraction of sp³-hybridized carbons (Fsp3) is 0.800. The van der Waals surface area contributed by atoms with Gasteiger partial charge < -0.3 is 21.7 Å². The van der Waals surface area contributed by atoms with E-state index in [2.05, 4.69) is 0 Å². The molecular formula is C10H22N2O6S2. The maximum atomic E-state index is 10.4. The van der Waals surface area contributed by atoms with Crippen LogP contribution in [0.1, 0.15) is 12.8 Å². The first-order valence-electron chi connectivity index (χ1n) is 5.64. The summed E-state index contributed by atoms with van der Waals surface area (Å²) in [6.07, 6.45) is 3.60. The molecule has 0 saturated heterocycles. The molecule has 0 aromatic heterocycles. The van der Waals surface area contributed by atoms with Crippen molar-refractivity contribution in [2.75, 3.05) is 24.0 Å². The average molecular weight is 330 g/mol. The third kappa shape index (κ3) is 15.2. The Balaban J connectivity index is 0. The quantitative estimate of drug-likeness (QED) is 0.411. The number of hydrogen-bond acceptors (Lipinski definition) is 6. The second kappa shape index (κ2) is 11.9. The zero-order chi connectivity index (χ0) is 16.3. The van der Waals surface area contributed by atoms with Gasteiger partial charge >= 0.3 is 11.9 Å². The largest absolute Gasteiger partial charge is 0.480 e. The van der Waals surface area contributed by atoms with Crippen LogP contribution in [0.25, 0.3) is 0 Å². The predicted molar refractivity (Wildman–Crippen MR) is 78.3 cm³/mol. The first-order valence-corrected chi connectivity index (χ1v) is 9.10. The van der Waals surface area contributed by atoms with Gasteiger partial charge in [-0.05, 0) is 12.8 Å². The van der Waals surface area contributed by atoms with E-state index in [1.807, 2.05) is 0 Å². The Bertz CT molecular complexity index is 330. The smallest absolute Gasteiger partial charge is 0.320 e. The summed E-state index contributed by atoms with van der Waals surface area (Å²) in [5, 5.41) is 16.5. The van der Waals surface area contributed by atoms with E-state index in [0.717, 1.165) is 0 Å². The molecule has 0 aromatic rings. The number of carboxylic acid groups (broad SMARTS) is 2. The summed E-state index contributed by atoms with van der Waals surface area (Å²) in [6, 6.07) is -1.74. The molecule has 0 aliphatic rings. The Morgan fingerprint density at radius 1 is 0.900 bits per heavy atom. The molecule has 6 N–H and O–H groups in total. The first-order chi connectivity index (χ1) is 9.07. The zero-order valence-corrected chi connectivity index (χ0v) is 13.1. The monoisotopic (exact) mass is 330 g/mol. The van der Waals surface area contributed by atoms with Crippen molar-refractivity contribution in [2.24, 2.45) is 11.5 Å². The molecule has 10 heteroatoms. The Kier molecular flexibility index (Phi) is 12.8. The molecule has 0 aliphatic carbocycles. The summed E-state index contributed by atoms with van der Waals surface area (Å²) in [5.41, 5.74) is 10.3. The summed E-state index contributed by atoms with van der Waals surface area (Å²) < 4.78 is 20.9. The third-order valence-electron chi connectivity index (χ3n) is 2.07. The van der Waals surface area contributed by atoms with E-state index in [4.69, 9.17) is 21.7 Å². The molecule has 8 nitrogen and oxygen atoms in total. The van der Waals surface area contributed by atoms with Gasteiger partial charge in [0.05, 0.1) is 0 Å². The van der Waals surface area contributed by atoms with Crippen LogP contribution in [0.3, 0.4) is 0 Å². The summed E-state index contributed by atoms with van der Waals surface area (Å²) in [5.74, 6) is -1.36. The number of carbonyl (C=O) groups is 2. The Labute approximate surface area is 122 Å². The second-order valence-corrected chi connectivity index (χ2v) is 7.13. The van der Waals surface area contributed by atoms with Crippen LogP contribution in [0.4, 0.5) is 0 Å². The average Bonchev–Trinajstić information content (AvgIpc) is 2.33. The topological polar surface area (TPSA) is 161 Å². The van der Waals surface area contributed by atoms with E-state index in [-0.39, 0.29) is 12.8 Å². The van der Waals surface area contributed by atoms with Crippen molar-refractivity contribution < 1.29 is 28.2 Å². The van der Waals surface area contributed by atoms with Crippen molar-refractivity contribution in [2.45, 2.75) is 24.9 Å². The lowest BCUT2D eigenvalue weighted by molar-refractivity contribution is -0.139. The van der Waals surface area contributed by atoms with Crippen LogP contribution >= 0.6 is 0 Å². The summed E-state index contributed by atoms with van der Waals surface area (Å²) in [7, 11) is -1.89. The van der Waals surface area contributed by atoms with Crippen LogP contribution in [-0.4, -0.2) is 66.7 Å². The van der Waals surface area contributed by atoms with E-state index < -0.39 is 45.6 Å². The van der Waals surface area contributed by atoms with Crippen molar-refractivity contribution in [3.8, 4) is 0 Å². The molecule has 0 bridgehead atoms. The molecule has 0 aliphatic heterocycles. The van der Waals surface area contributed by atoms with Crippen molar-refractivity contribution in [1.82, 2.24) is 0 Å². The molecule has 0 heterocycles. The number of rotatable bonds is 8. The Morgan fingerprint density at radius 2 is 1.15 bits per heavy atom. The normalized spacial score (nSPS) is 16.2. The van der Waals surface area contributed by atoms with Crippen LogP contribution < -0.4 is 11.5 Å². The minimum absolute atomic E-state index is 0.276. The van der Waals surface area contributed by atoms with E-state index in [1.165, 1.54) is 12.5 Å². The number of carboxylic acids is 2. The molecule has 0 radical (unpaired) electrons. The number of nitrogens with two attached hydrogens (primary N) is 2. The van der Waals surface area contributed by atoms with Crippen molar-refractivity contribution >= 4 is 33.5 Å². The Hall–Kier alpha value is -0.840. The Morgan fingerprint density at radius 3 is 1.30 bits per heavy atom. The fourth-order valence-electron chi connectivity index (χ4n) is 0.833. The molecular weight excluding hydrogens is 308 g/mol. The minimum Gasteiger partial charge on any atom is -0.480 e. The molecule has 0 aromatic carbocycles. The van der Waals surface area contributed by atoms with Crippen molar-refractivity contribution in [1.29, 1.82) is 0 Å². The van der Waals surface area contributed by atoms with Gasteiger partial charge in [0, 0.05) is 45.6 Å². The van der Waals surface area contributed by atoms with Gasteiger partial charge in [-0.2, -0.15) is 0 Å². The highest BCUT2D eigenvalue weighted by Crippen LogP contribution is 1.90. The third-order valence-corrected chi connectivity index (χ3v) is 3.69. The van der Waals surface area contributed by atoms with Crippen molar-refractivity contribution in [3.63, 3.8) is 0 Å². The second-order valence-electron chi connectivity index (χ2n) is 4.02. The maximum absolute atomic E-state index is 10.4. The molecule has 0 rings (SSSR count). The minimum atomic E-state index is -1.04. The lowest BCUT2D eigenvalue weighted by atomic mass is 10.2. The van der Waals surface area contributed by atoms with Gasteiger partial charge in [0.25, 0.3) is 0 Å². The van der Waals surface area contributed by atoms with Crippen LogP contribution in [0, 0.1) is 0 Å². The van der Waals surface area contributed by atoms with Gasteiger partial charge in [-0.1, -0.05) is 0 Å². The van der Waals surface area contributed by atoms with Gasteiger partial charge in [-0.3, -0.25) is 18.0 Å². The maximum Gasteiger partial charge on any atom is 0.320 e. The molecule has 0 spiro atoms. The van der Waals surface area contributed by atoms with Crippen molar-refractivity contribution in [3.05, 3.63) is 0 Å². The molecule has 4 atom stereocenters. The van der Waals surface area contributed by atoms with E-state index in [1.54, 1.807) is 0 Å². The summed E-state index contributed by atoms with van der Waals surface area (Å²) in [4.78, 5) is 20.2. The fourth-order valence-corrected chi connectivity index (χ4v) is 2.00. The standard InChI is InChI=1S/2C5H11NO3S/c2*1-10(9)3-2-4(6)5(7)8/h2*4H,2-3,6H2,1H3,(H,7,8)/t2*4-,10?/m00/s1. The predicted octanol–water partition coefficient (Wildman–Crippen LogP) is -1.67. The zero-order valence-electron chi connectivity index (χ0n) is 11.5. The van der Waals surface area contributed by atoms with Gasteiger partial charge in [0.1, 0.15) is 12.1 Å². The lowest BCUT2D eigenvalue weighted by Gasteiger charge is -2.02. The molecule has 0 fully saturated rings. The van der Waals surface area contributed by atoms with Crippen LogP contribution in [0.2, 0.25) is 0 Å². The van der Waals surface area contributed by atoms with E-state index in [9.17, 15) is 18.0 Å². The van der Waals surface area contributed by atoms with Gasteiger partial charge in [0.2, 0.25) is 0 Å². The van der Waals surface area contributed by atoms with Crippen LogP contribution in [0.15, 0.2) is 0 Å².